The van der Waals surface area contributed by atoms with Crippen molar-refractivity contribution in [1.82, 2.24) is 20.2 Å². The molecule has 0 radical (unpaired) electrons. The minimum atomic E-state index is -0.140. The average molecular weight is 335 g/mol. The molecule has 134 valence electrons. The van der Waals surface area contributed by atoms with Crippen LogP contribution in [0.4, 0.5) is 5.82 Å². The summed E-state index contributed by atoms with van der Waals surface area (Å²) in [4.78, 5) is 24.9. The molecule has 1 aliphatic rings. The Hall–Kier alpha value is -1.73. The van der Waals surface area contributed by atoms with Gasteiger partial charge in [0.1, 0.15) is 12.4 Å². The number of anilines is 1. The number of nitrogens with one attached hydrogen (secondary N) is 1. The Bertz CT molecular complexity index is 556. The molecule has 0 saturated carbocycles. The van der Waals surface area contributed by atoms with Gasteiger partial charge in [0.25, 0.3) is 0 Å². The molecule has 0 bridgehead atoms. The van der Waals surface area contributed by atoms with Gasteiger partial charge in [-0.3, -0.25) is 9.69 Å². The smallest absolute Gasteiger partial charge is 0.234 e. The number of piperidine rings is 1. The fourth-order valence-corrected chi connectivity index (χ4v) is 3.10. The van der Waals surface area contributed by atoms with Crippen molar-refractivity contribution in [2.45, 2.75) is 52.3 Å². The molecule has 2 rings (SSSR count). The number of likely N-dealkylation sites (N-methyl/N-ethyl adjacent to an activating group) is 1. The highest BCUT2D eigenvalue weighted by molar-refractivity contribution is 5.78. The molecule has 2 heterocycles. The first-order valence-electron chi connectivity index (χ1n) is 8.59. The molecule has 0 atom stereocenters. The van der Waals surface area contributed by atoms with Gasteiger partial charge < -0.3 is 15.3 Å². The SMILES string of the molecule is Cc1cc(N2CCC(N(C)CC(=O)NC(C)C)CC2)nc(CO)n1. The number of aliphatic hydroxyl groups excluding tert-OH is 1. The maximum atomic E-state index is 11.9. The zero-order chi connectivity index (χ0) is 17.7. The van der Waals surface area contributed by atoms with E-state index in [1.165, 1.54) is 0 Å². The molecule has 1 aliphatic heterocycles. The van der Waals surface area contributed by atoms with Gasteiger partial charge in [0.2, 0.25) is 5.91 Å². The predicted molar refractivity (Wildman–Crippen MR) is 93.8 cm³/mol. The topological polar surface area (TPSA) is 81.6 Å². The first-order valence-corrected chi connectivity index (χ1v) is 8.59. The number of carbonyl (C=O) groups is 1. The van der Waals surface area contributed by atoms with E-state index in [9.17, 15) is 9.90 Å². The van der Waals surface area contributed by atoms with Gasteiger partial charge in [-0.2, -0.15) is 0 Å². The van der Waals surface area contributed by atoms with E-state index in [0.29, 0.717) is 18.4 Å². The molecule has 1 aromatic rings. The van der Waals surface area contributed by atoms with Crippen LogP contribution in [0.5, 0.6) is 0 Å². The lowest BCUT2D eigenvalue weighted by Gasteiger charge is -2.37. The highest BCUT2D eigenvalue weighted by Crippen LogP contribution is 2.21. The molecule has 1 amide bonds. The second-order valence-corrected chi connectivity index (χ2v) is 6.80. The van der Waals surface area contributed by atoms with Gasteiger partial charge >= 0.3 is 0 Å². The fraction of sp³-hybridized carbons (Fsp3) is 0.706. The average Bonchev–Trinajstić information content (AvgIpc) is 2.53. The van der Waals surface area contributed by atoms with Gasteiger partial charge in [-0.05, 0) is 40.7 Å². The molecule has 0 unspecified atom stereocenters. The second kappa shape index (κ2) is 8.39. The lowest BCUT2D eigenvalue weighted by Crippen LogP contribution is -2.47. The number of aliphatic hydroxyl groups is 1. The standard InChI is InChI=1S/C17H29N5O2/c1-12(2)18-17(24)10-21(4)14-5-7-22(8-6-14)16-9-13(3)19-15(11-23)20-16/h9,12,14,23H,5-8,10-11H2,1-4H3,(H,18,24). The van der Waals surface area contributed by atoms with Crippen molar-refractivity contribution in [3.8, 4) is 0 Å². The van der Waals surface area contributed by atoms with E-state index in [2.05, 4.69) is 25.1 Å². The third-order valence-corrected chi connectivity index (χ3v) is 4.28. The molecule has 1 saturated heterocycles. The monoisotopic (exact) mass is 335 g/mol. The van der Waals surface area contributed by atoms with Crippen molar-refractivity contribution in [1.29, 1.82) is 0 Å². The summed E-state index contributed by atoms with van der Waals surface area (Å²) in [5.74, 6) is 1.42. The number of carbonyl (C=O) groups excluding carboxylic acids is 1. The molecular formula is C17H29N5O2. The zero-order valence-electron chi connectivity index (χ0n) is 15.1. The van der Waals surface area contributed by atoms with Gasteiger partial charge in [-0.25, -0.2) is 9.97 Å². The number of nitrogens with zero attached hydrogens (tertiary/aromatic N) is 4. The third-order valence-electron chi connectivity index (χ3n) is 4.28. The molecule has 1 aromatic heterocycles. The summed E-state index contributed by atoms with van der Waals surface area (Å²) < 4.78 is 0. The van der Waals surface area contributed by atoms with Crippen LogP contribution in [0.3, 0.4) is 0 Å². The van der Waals surface area contributed by atoms with E-state index in [4.69, 9.17) is 0 Å². The van der Waals surface area contributed by atoms with Gasteiger partial charge in [-0.15, -0.1) is 0 Å². The molecule has 1 fully saturated rings. The summed E-state index contributed by atoms with van der Waals surface area (Å²) in [5, 5.41) is 12.2. The predicted octanol–water partition coefficient (Wildman–Crippen LogP) is 0.703. The van der Waals surface area contributed by atoms with Crippen molar-refractivity contribution in [3.63, 3.8) is 0 Å². The summed E-state index contributed by atoms with van der Waals surface area (Å²) in [6.07, 6.45) is 1.98. The molecule has 0 spiro atoms. The number of amides is 1. The molecule has 7 nitrogen and oxygen atoms in total. The molecule has 0 aromatic carbocycles. The molecule has 2 N–H and O–H groups in total. The van der Waals surface area contributed by atoms with E-state index >= 15 is 0 Å². The van der Waals surface area contributed by atoms with E-state index in [0.717, 1.165) is 37.4 Å². The summed E-state index contributed by atoms with van der Waals surface area (Å²) in [5.41, 5.74) is 0.869. The van der Waals surface area contributed by atoms with Crippen molar-refractivity contribution < 1.29 is 9.90 Å². The van der Waals surface area contributed by atoms with Gasteiger partial charge in [0, 0.05) is 36.9 Å². The van der Waals surface area contributed by atoms with Crippen molar-refractivity contribution in [3.05, 3.63) is 17.6 Å². The van der Waals surface area contributed by atoms with Crippen LogP contribution in [-0.2, 0) is 11.4 Å². The zero-order valence-corrected chi connectivity index (χ0v) is 15.1. The van der Waals surface area contributed by atoms with Crippen LogP contribution >= 0.6 is 0 Å². The number of aromatic nitrogens is 2. The van der Waals surface area contributed by atoms with E-state index in [1.807, 2.05) is 33.9 Å². The van der Waals surface area contributed by atoms with E-state index in [1.54, 1.807) is 0 Å². The quantitative estimate of drug-likeness (QED) is 0.796. The Morgan fingerprint density at radius 1 is 1.42 bits per heavy atom. The van der Waals surface area contributed by atoms with Crippen LogP contribution in [-0.4, -0.2) is 64.6 Å². The second-order valence-electron chi connectivity index (χ2n) is 6.80. The fourth-order valence-electron chi connectivity index (χ4n) is 3.10. The summed E-state index contributed by atoms with van der Waals surface area (Å²) in [6.45, 7) is 7.94. The number of aryl methyl sites for hydroxylation is 1. The Morgan fingerprint density at radius 3 is 2.67 bits per heavy atom. The molecule has 0 aliphatic carbocycles. The first-order chi connectivity index (χ1) is 11.4. The number of hydrogen-bond acceptors (Lipinski definition) is 6. The Kier molecular flexibility index (Phi) is 6.51. The van der Waals surface area contributed by atoms with E-state index in [-0.39, 0.29) is 18.6 Å². The Morgan fingerprint density at radius 2 is 2.08 bits per heavy atom. The van der Waals surface area contributed by atoms with E-state index < -0.39 is 0 Å². The summed E-state index contributed by atoms with van der Waals surface area (Å²) >= 11 is 0. The van der Waals surface area contributed by atoms with Crippen LogP contribution in [0.25, 0.3) is 0 Å². The number of rotatable bonds is 6. The maximum absolute atomic E-state index is 11.9. The van der Waals surface area contributed by atoms with Crippen molar-refractivity contribution in [2.75, 3.05) is 31.6 Å². The van der Waals surface area contributed by atoms with Crippen LogP contribution < -0.4 is 10.2 Å². The molecule has 24 heavy (non-hydrogen) atoms. The maximum Gasteiger partial charge on any atom is 0.234 e. The van der Waals surface area contributed by atoms with Gasteiger partial charge in [-0.1, -0.05) is 0 Å². The third kappa shape index (κ3) is 5.14. The molecular weight excluding hydrogens is 306 g/mol. The molecule has 7 heteroatoms. The van der Waals surface area contributed by atoms with Crippen LogP contribution in [0.1, 0.15) is 38.2 Å². The van der Waals surface area contributed by atoms with Gasteiger partial charge in [0.15, 0.2) is 5.82 Å². The van der Waals surface area contributed by atoms with Crippen LogP contribution in [0, 0.1) is 6.92 Å². The lowest BCUT2D eigenvalue weighted by atomic mass is 10.0. The minimum Gasteiger partial charge on any atom is -0.388 e. The van der Waals surface area contributed by atoms with Crippen LogP contribution in [0.2, 0.25) is 0 Å². The van der Waals surface area contributed by atoms with Gasteiger partial charge in [0.05, 0.1) is 6.54 Å². The Labute approximate surface area is 144 Å². The highest BCUT2D eigenvalue weighted by atomic mass is 16.3. The Balaban J connectivity index is 1.89. The summed E-state index contributed by atoms with van der Waals surface area (Å²) in [7, 11) is 2.01. The normalized spacial score (nSPS) is 16.0. The highest BCUT2D eigenvalue weighted by Gasteiger charge is 2.24. The van der Waals surface area contributed by atoms with Crippen LogP contribution in [0.15, 0.2) is 6.07 Å². The number of hydrogen-bond donors (Lipinski definition) is 2. The largest absolute Gasteiger partial charge is 0.388 e. The summed E-state index contributed by atoms with van der Waals surface area (Å²) in [6, 6.07) is 2.54. The first kappa shape index (κ1) is 18.6. The van der Waals surface area contributed by atoms with Crippen molar-refractivity contribution in [2.24, 2.45) is 0 Å². The van der Waals surface area contributed by atoms with Crippen molar-refractivity contribution >= 4 is 11.7 Å². The lowest BCUT2D eigenvalue weighted by molar-refractivity contribution is -0.123. The minimum absolute atomic E-state index is 0.0777.